The number of aromatic amines is 1. The van der Waals surface area contributed by atoms with Crippen LogP contribution in [0.2, 0.25) is 0 Å². The number of anilines is 3. The number of aromatic hydroxyl groups is 1. The zero-order valence-electron chi connectivity index (χ0n) is 22.6. The van der Waals surface area contributed by atoms with Gasteiger partial charge in [-0.1, -0.05) is 36.4 Å². The second kappa shape index (κ2) is 12.5. The Morgan fingerprint density at radius 3 is 1.95 bits per heavy atom. The maximum Gasteiger partial charge on any atom is 0.347 e. The predicted octanol–water partition coefficient (Wildman–Crippen LogP) is 1.92. The fourth-order valence-corrected chi connectivity index (χ4v) is 4.29. The van der Waals surface area contributed by atoms with E-state index >= 15 is 0 Å². The Kier molecular flexibility index (Phi) is 8.42. The highest BCUT2D eigenvalue weighted by Gasteiger charge is 2.14. The minimum Gasteiger partial charge on any atom is -0.497 e. The first-order valence-corrected chi connectivity index (χ1v) is 13.1. The molecule has 13 heteroatoms. The largest absolute Gasteiger partial charge is 0.497 e. The van der Waals surface area contributed by atoms with Crippen LogP contribution in [0.25, 0.3) is 0 Å². The van der Waals surface area contributed by atoms with E-state index in [1.54, 1.807) is 7.11 Å². The second-order valence-electron chi connectivity index (χ2n) is 9.68. The van der Waals surface area contributed by atoms with E-state index in [4.69, 9.17) is 4.74 Å². The summed E-state index contributed by atoms with van der Waals surface area (Å²) in [6, 6.07) is 16.2. The van der Waals surface area contributed by atoms with Crippen molar-refractivity contribution in [3.63, 3.8) is 0 Å². The molecule has 0 saturated carbocycles. The molecule has 4 aromatic rings. The van der Waals surface area contributed by atoms with Gasteiger partial charge in [-0.3, -0.25) is 15.3 Å². The van der Waals surface area contributed by atoms with E-state index in [1.807, 2.05) is 24.3 Å². The molecule has 1 saturated heterocycles. The lowest BCUT2D eigenvalue weighted by Crippen LogP contribution is -2.43. The molecular weight excluding hydrogens is 512 g/mol. The zero-order valence-corrected chi connectivity index (χ0v) is 22.6. The Hall–Kier alpha value is -4.62. The number of hydrogen-bond donors (Lipinski definition) is 5. The predicted molar refractivity (Wildman–Crippen MR) is 152 cm³/mol. The molecule has 0 aliphatic carbocycles. The highest BCUT2D eigenvalue weighted by Crippen LogP contribution is 2.16. The van der Waals surface area contributed by atoms with Gasteiger partial charge in [0, 0.05) is 45.8 Å². The summed E-state index contributed by atoms with van der Waals surface area (Å²) in [4.78, 5) is 32.4. The van der Waals surface area contributed by atoms with Crippen molar-refractivity contribution in [3.05, 3.63) is 81.9 Å². The van der Waals surface area contributed by atoms with Crippen LogP contribution in [0, 0.1) is 0 Å². The van der Waals surface area contributed by atoms with Gasteiger partial charge in [-0.05, 0) is 35.9 Å². The summed E-state index contributed by atoms with van der Waals surface area (Å²) in [5, 5.41) is 16.0. The number of H-pyrrole nitrogens is 1. The Labute approximate surface area is 231 Å². The standard InChI is InChI=1S/C27H34N10O3/c1-35-11-13-36(14-12-35)17-21-5-3-19(4-6-21)15-28-24-31-25(29-16-20-7-9-22(40-2)10-8-20)33-26(32-24)34-37-18-23(38)30-27(37)39/h3-10,18,38H,11-17H2,1-2H3,(H,30,39)(H3,28,29,31,32,33,34). The first-order chi connectivity index (χ1) is 19.4. The maximum absolute atomic E-state index is 12.0. The summed E-state index contributed by atoms with van der Waals surface area (Å²) in [5.74, 6) is 1.25. The summed E-state index contributed by atoms with van der Waals surface area (Å²) >= 11 is 0. The van der Waals surface area contributed by atoms with Crippen LogP contribution in [-0.4, -0.2) is 79.9 Å². The molecule has 1 aliphatic rings. The molecule has 1 fully saturated rings. The molecule has 1 aliphatic heterocycles. The lowest BCUT2D eigenvalue weighted by atomic mass is 10.1. The number of benzene rings is 2. The van der Waals surface area contributed by atoms with Gasteiger partial charge in [-0.15, -0.1) is 0 Å². The van der Waals surface area contributed by atoms with Crippen molar-refractivity contribution < 1.29 is 9.84 Å². The first-order valence-electron chi connectivity index (χ1n) is 13.1. The Morgan fingerprint density at radius 2 is 1.40 bits per heavy atom. The van der Waals surface area contributed by atoms with Crippen LogP contribution in [-0.2, 0) is 19.6 Å². The first kappa shape index (κ1) is 27.0. The summed E-state index contributed by atoms with van der Waals surface area (Å²) < 4.78 is 6.27. The number of piperazine rings is 1. The van der Waals surface area contributed by atoms with E-state index in [2.05, 4.69) is 77.1 Å². The van der Waals surface area contributed by atoms with Crippen LogP contribution in [0.1, 0.15) is 16.7 Å². The average molecular weight is 547 g/mol. The molecule has 3 heterocycles. The van der Waals surface area contributed by atoms with Gasteiger partial charge in [-0.2, -0.15) is 15.0 Å². The van der Waals surface area contributed by atoms with Gasteiger partial charge in [0.1, 0.15) is 5.75 Å². The number of nitrogens with zero attached hydrogens (tertiary/aromatic N) is 6. The maximum atomic E-state index is 12.0. The van der Waals surface area contributed by atoms with Crippen LogP contribution < -0.4 is 26.5 Å². The molecule has 0 radical (unpaired) electrons. The zero-order chi connectivity index (χ0) is 27.9. The molecule has 0 spiro atoms. The quantitative estimate of drug-likeness (QED) is 0.188. The molecule has 0 amide bonds. The van der Waals surface area contributed by atoms with Gasteiger partial charge >= 0.3 is 5.69 Å². The summed E-state index contributed by atoms with van der Waals surface area (Å²) in [7, 11) is 3.79. The highest BCUT2D eigenvalue weighted by molar-refractivity contribution is 5.43. The third-order valence-corrected chi connectivity index (χ3v) is 6.65. The number of hydrogen-bond acceptors (Lipinski definition) is 11. The van der Waals surface area contributed by atoms with Gasteiger partial charge < -0.3 is 25.4 Å². The van der Waals surface area contributed by atoms with Crippen molar-refractivity contribution in [2.75, 3.05) is 56.4 Å². The molecule has 0 bridgehead atoms. The fourth-order valence-electron chi connectivity index (χ4n) is 4.29. The lowest BCUT2D eigenvalue weighted by molar-refractivity contribution is 0.148. The molecule has 0 unspecified atom stereocenters. The van der Waals surface area contributed by atoms with E-state index in [1.165, 1.54) is 11.8 Å². The van der Waals surface area contributed by atoms with Crippen molar-refractivity contribution in [2.45, 2.75) is 19.6 Å². The third kappa shape index (κ3) is 7.27. The van der Waals surface area contributed by atoms with Crippen LogP contribution >= 0.6 is 0 Å². The number of nitrogens with one attached hydrogen (secondary N) is 4. The lowest BCUT2D eigenvalue weighted by Gasteiger charge is -2.32. The van der Waals surface area contributed by atoms with Crippen LogP contribution in [0.4, 0.5) is 17.8 Å². The minimum absolute atomic E-state index is 0.123. The fraction of sp³-hybridized carbons (Fsp3) is 0.333. The molecule has 5 rings (SSSR count). The van der Waals surface area contributed by atoms with Crippen molar-refractivity contribution >= 4 is 17.8 Å². The van der Waals surface area contributed by atoms with Crippen molar-refractivity contribution in [2.24, 2.45) is 0 Å². The number of imidazole rings is 1. The smallest absolute Gasteiger partial charge is 0.347 e. The molecule has 13 nitrogen and oxygen atoms in total. The molecule has 2 aromatic heterocycles. The molecule has 210 valence electrons. The van der Waals surface area contributed by atoms with Gasteiger partial charge in [0.2, 0.25) is 23.7 Å². The second-order valence-corrected chi connectivity index (χ2v) is 9.68. The van der Waals surface area contributed by atoms with Crippen molar-refractivity contribution in [3.8, 4) is 11.6 Å². The topological polar surface area (TPSA) is 148 Å². The van der Waals surface area contributed by atoms with E-state index in [-0.39, 0.29) is 11.8 Å². The number of likely N-dealkylation sites (N-methyl/N-ethyl adjacent to an activating group) is 1. The van der Waals surface area contributed by atoms with E-state index in [0.717, 1.165) is 54.3 Å². The van der Waals surface area contributed by atoms with Crippen LogP contribution in [0.15, 0.2) is 59.5 Å². The van der Waals surface area contributed by atoms with E-state index in [0.29, 0.717) is 25.0 Å². The van der Waals surface area contributed by atoms with Crippen LogP contribution in [0.5, 0.6) is 11.6 Å². The minimum atomic E-state index is -0.558. The molecule has 2 aromatic carbocycles. The normalized spacial score (nSPS) is 14.2. The van der Waals surface area contributed by atoms with Crippen molar-refractivity contribution in [1.82, 2.24) is 34.4 Å². The Balaban J connectivity index is 1.26. The average Bonchev–Trinajstić information content (AvgIpc) is 3.28. The molecule has 40 heavy (non-hydrogen) atoms. The number of ether oxygens (including phenoxy) is 1. The van der Waals surface area contributed by atoms with E-state index in [9.17, 15) is 9.90 Å². The highest BCUT2D eigenvalue weighted by atomic mass is 16.5. The molecule has 0 atom stereocenters. The van der Waals surface area contributed by atoms with Crippen LogP contribution in [0.3, 0.4) is 0 Å². The number of rotatable bonds is 11. The van der Waals surface area contributed by atoms with Gasteiger partial charge in [0.05, 0.1) is 13.3 Å². The van der Waals surface area contributed by atoms with Gasteiger partial charge in [-0.25, -0.2) is 9.47 Å². The summed E-state index contributed by atoms with van der Waals surface area (Å²) in [6.45, 7) is 6.27. The monoisotopic (exact) mass is 546 g/mol. The summed E-state index contributed by atoms with van der Waals surface area (Å²) in [6.07, 6.45) is 1.20. The number of aromatic nitrogens is 5. The third-order valence-electron chi connectivity index (χ3n) is 6.65. The van der Waals surface area contributed by atoms with Crippen molar-refractivity contribution in [1.29, 1.82) is 0 Å². The van der Waals surface area contributed by atoms with E-state index < -0.39 is 5.69 Å². The molecule has 5 N–H and O–H groups in total. The Bertz CT molecular complexity index is 1440. The SMILES string of the molecule is COc1ccc(CNc2nc(NCc3ccc(CN4CCN(C)CC4)cc3)nc(Nn3cc(O)[nH]c3=O)n2)cc1. The van der Waals surface area contributed by atoms with Gasteiger partial charge in [0.25, 0.3) is 0 Å². The summed E-state index contributed by atoms with van der Waals surface area (Å²) in [5.41, 5.74) is 5.59. The number of methoxy groups -OCH3 is 1. The van der Waals surface area contributed by atoms with Gasteiger partial charge in [0.15, 0.2) is 0 Å². The Morgan fingerprint density at radius 1 is 0.850 bits per heavy atom. The molecular formula is C27H34N10O3.